The summed E-state index contributed by atoms with van der Waals surface area (Å²) in [5.41, 5.74) is 1.58. The molecular formula is C21H29N7OS. The van der Waals surface area contributed by atoms with E-state index in [1.807, 2.05) is 18.0 Å². The number of rotatable bonds is 5. The van der Waals surface area contributed by atoms with Crippen molar-refractivity contribution in [2.45, 2.75) is 65.5 Å². The fraction of sp³-hybridized carbons (Fsp3) is 0.571. The minimum Gasteiger partial charge on any atom is -0.364 e. The molecule has 0 radical (unpaired) electrons. The van der Waals surface area contributed by atoms with E-state index in [9.17, 15) is 4.79 Å². The number of carbonyl (C=O) groups is 1. The SMILES string of the molecule is CCC(=O)N1CCC(Nc2ncnc3c2nc(-c2cnc(C(C)(C)C)s2)n3CC)C1. The molecule has 0 aliphatic carbocycles. The van der Waals surface area contributed by atoms with Gasteiger partial charge in [-0.25, -0.2) is 19.9 Å². The Morgan fingerprint density at radius 2 is 2.07 bits per heavy atom. The number of aryl methyl sites for hydroxylation is 1. The number of nitrogens with zero attached hydrogens (tertiary/aromatic N) is 6. The van der Waals surface area contributed by atoms with E-state index in [0.29, 0.717) is 13.0 Å². The highest BCUT2D eigenvalue weighted by atomic mass is 32.1. The lowest BCUT2D eigenvalue weighted by atomic mass is 9.98. The van der Waals surface area contributed by atoms with E-state index >= 15 is 0 Å². The average Bonchev–Trinajstić information content (AvgIpc) is 3.44. The molecule has 1 saturated heterocycles. The summed E-state index contributed by atoms with van der Waals surface area (Å²) in [4.78, 5) is 33.5. The Labute approximate surface area is 180 Å². The highest BCUT2D eigenvalue weighted by Crippen LogP contribution is 2.34. The number of amides is 1. The van der Waals surface area contributed by atoms with Gasteiger partial charge in [-0.2, -0.15) is 0 Å². The van der Waals surface area contributed by atoms with Crippen LogP contribution >= 0.6 is 11.3 Å². The van der Waals surface area contributed by atoms with Crippen LogP contribution in [0.5, 0.6) is 0 Å². The van der Waals surface area contributed by atoms with Crippen LogP contribution in [0.3, 0.4) is 0 Å². The van der Waals surface area contributed by atoms with E-state index < -0.39 is 0 Å². The van der Waals surface area contributed by atoms with Crippen molar-refractivity contribution < 1.29 is 4.79 Å². The Morgan fingerprint density at radius 3 is 2.73 bits per heavy atom. The van der Waals surface area contributed by atoms with Crippen LogP contribution in [0.15, 0.2) is 12.5 Å². The van der Waals surface area contributed by atoms with E-state index in [-0.39, 0.29) is 17.4 Å². The van der Waals surface area contributed by atoms with Gasteiger partial charge in [0.25, 0.3) is 0 Å². The van der Waals surface area contributed by atoms with Crippen LogP contribution in [0.2, 0.25) is 0 Å². The Morgan fingerprint density at radius 1 is 1.27 bits per heavy atom. The maximum Gasteiger partial charge on any atom is 0.222 e. The third kappa shape index (κ3) is 3.78. The standard InChI is InChI=1S/C21H29N7OS/c1-6-15(29)27-9-8-13(11-27)25-17-16-19(24-12-23-17)28(7-2)18(26-16)14-10-22-20(30-14)21(3,4)5/h10,12-13H,6-9,11H2,1-5H3,(H,23,24,25). The van der Waals surface area contributed by atoms with Crippen molar-refractivity contribution in [2.75, 3.05) is 18.4 Å². The molecule has 30 heavy (non-hydrogen) atoms. The molecule has 4 heterocycles. The summed E-state index contributed by atoms with van der Waals surface area (Å²) in [6.07, 6.45) is 4.94. The molecular weight excluding hydrogens is 398 g/mol. The predicted octanol–water partition coefficient (Wildman–Crippen LogP) is 3.69. The van der Waals surface area contributed by atoms with Crippen molar-refractivity contribution in [2.24, 2.45) is 0 Å². The molecule has 0 aromatic carbocycles. The molecule has 4 rings (SSSR count). The molecule has 160 valence electrons. The molecule has 0 bridgehead atoms. The lowest BCUT2D eigenvalue weighted by Crippen LogP contribution is -2.31. The zero-order valence-corrected chi connectivity index (χ0v) is 19.1. The number of fused-ring (bicyclic) bond motifs is 1. The number of thiazole rings is 1. The molecule has 1 unspecified atom stereocenters. The van der Waals surface area contributed by atoms with Crippen molar-refractivity contribution in [3.05, 3.63) is 17.5 Å². The van der Waals surface area contributed by atoms with E-state index in [4.69, 9.17) is 4.98 Å². The fourth-order valence-corrected chi connectivity index (χ4v) is 4.75. The highest BCUT2D eigenvalue weighted by molar-refractivity contribution is 7.15. The molecule has 1 amide bonds. The maximum absolute atomic E-state index is 12.0. The molecule has 1 atom stereocenters. The maximum atomic E-state index is 12.0. The number of carbonyl (C=O) groups excluding carboxylic acids is 1. The summed E-state index contributed by atoms with van der Waals surface area (Å²) in [6, 6.07) is 0.171. The van der Waals surface area contributed by atoms with Gasteiger partial charge < -0.3 is 14.8 Å². The van der Waals surface area contributed by atoms with Crippen LogP contribution in [-0.2, 0) is 16.8 Å². The van der Waals surface area contributed by atoms with Crippen molar-refractivity contribution in [1.82, 2.24) is 29.4 Å². The minimum absolute atomic E-state index is 0.00275. The zero-order valence-electron chi connectivity index (χ0n) is 18.3. The average molecular weight is 428 g/mol. The first-order valence-corrected chi connectivity index (χ1v) is 11.4. The predicted molar refractivity (Wildman–Crippen MR) is 120 cm³/mol. The van der Waals surface area contributed by atoms with Crippen LogP contribution < -0.4 is 5.32 Å². The Bertz CT molecular complexity index is 1070. The van der Waals surface area contributed by atoms with Crippen LogP contribution in [0, 0.1) is 0 Å². The molecule has 1 N–H and O–H groups in total. The molecule has 1 aliphatic rings. The van der Waals surface area contributed by atoms with Crippen LogP contribution in [0.25, 0.3) is 21.9 Å². The molecule has 9 heteroatoms. The van der Waals surface area contributed by atoms with E-state index in [1.54, 1.807) is 17.7 Å². The minimum atomic E-state index is 0.00275. The fourth-order valence-electron chi connectivity index (χ4n) is 3.78. The monoisotopic (exact) mass is 427 g/mol. The molecule has 1 aliphatic heterocycles. The van der Waals surface area contributed by atoms with Gasteiger partial charge in [0, 0.05) is 43.7 Å². The lowest BCUT2D eigenvalue weighted by molar-refractivity contribution is -0.129. The van der Waals surface area contributed by atoms with Crippen molar-refractivity contribution in [1.29, 1.82) is 0 Å². The molecule has 1 fully saturated rings. The summed E-state index contributed by atoms with van der Waals surface area (Å²) < 4.78 is 2.11. The highest BCUT2D eigenvalue weighted by Gasteiger charge is 2.27. The third-order valence-electron chi connectivity index (χ3n) is 5.40. The van der Waals surface area contributed by atoms with E-state index in [0.717, 1.165) is 52.2 Å². The third-order valence-corrected chi connectivity index (χ3v) is 6.82. The van der Waals surface area contributed by atoms with Gasteiger partial charge in [0.05, 0.1) is 9.88 Å². The number of aromatic nitrogens is 5. The number of imidazole rings is 1. The zero-order chi connectivity index (χ0) is 21.5. The Kier molecular flexibility index (Phi) is 5.48. The molecule has 0 saturated carbocycles. The number of hydrogen-bond acceptors (Lipinski definition) is 7. The molecule has 0 spiro atoms. The van der Waals surface area contributed by atoms with E-state index in [2.05, 4.69) is 52.5 Å². The lowest BCUT2D eigenvalue weighted by Gasteiger charge is -2.16. The first-order valence-electron chi connectivity index (χ1n) is 10.5. The number of nitrogens with one attached hydrogen (secondary N) is 1. The quantitative estimate of drug-likeness (QED) is 0.668. The van der Waals surface area contributed by atoms with Gasteiger partial charge in [-0.15, -0.1) is 11.3 Å². The van der Waals surface area contributed by atoms with Crippen molar-refractivity contribution in [3.8, 4) is 10.7 Å². The van der Waals surface area contributed by atoms with Gasteiger partial charge in [-0.05, 0) is 13.3 Å². The summed E-state index contributed by atoms with van der Waals surface area (Å²) >= 11 is 1.68. The smallest absolute Gasteiger partial charge is 0.222 e. The van der Waals surface area contributed by atoms with Gasteiger partial charge in [0.15, 0.2) is 22.8 Å². The normalized spacial score (nSPS) is 17.1. The van der Waals surface area contributed by atoms with Crippen LogP contribution in [0.1, 0.15) is 52.5 Å². The molecule has 3 aromatic rings. The molecule has 3 aromatic heterocycles. The first kappa shape index (κ1) is 20.7. The summed E-state index contributed by atoms with van der Waals surface area (Å²) in [5.74, 6) is 1.80. The van der Waals surface area contributed by atoms with Gasteiger partial charge in [0.1, 0.15) is 6.33 Å². The summed E-state index contributed by atoms with van der Waals surface area (Å²) in [5, 5.41) is 4.59. The van der Waals surface area contributed by atoms with Gasteiger partial charge in [-0.3, -0.25) is 4.79 Å². The summed E-state index contributed by atoms with van der Waals surface area (Å²) in [6.45, 7) is 12.7. The number of hydrogen-bond donors (Lipinski definition) is 1. The Hall–Kier alpha value is -2.55. The van der Waals surface area contributed by atoms with Crippen molar-refractivity contribution in [3.63, 3.8) is 0 Å². The van der Waals surface area contributed by atoms with Gasteiger partial charge in [-0.1, -0.05) is 27.7 Å². The second kappa shape index (κ2) is 7.94. The van der Waals surface area contributed by atoms with Crippen LogP contribution in [-0.4, -0.2) is 54.4 Å². The second-order valence-corrected chi connectivity index (χ2v) is 9.71. The summed E-state index contributed by atoms with van der Waals surface area (Å²) in [7, 11) is 0. The topological polar surface area (TPSA) is 88.8 Å². The molecule has 8 nitrogen and oxygen atoms in total. The van der Waals surface area contributed by atoms with Gasteiger partial charge in [0.2, 0.25) is 5.91 Å². The van der Waals surface area contributed by atoms with E-state index in [1.165, 1.54) is 0 Å². The van der Waals surface area contributed by atoms with Gasteiger partial charge >= 0.3 is 0 Å². The number of anilines is 1. The second-order valence-electron chi connectivity index (χ2n) is 8.68. The Balaban J connectivity index is 1.67. The van der Waals surface area contributed by atoms with Crippen LogP contribution in [0.4, 0.5) is 5.82 Å². The van der Waals surface area contributed by atoms with Crippen molar-refractivity contribution >= 4 is 34.2 Å². The first-order chi connectivity index (χ1) is 14.3. The number of likely N-dealkylation sites (tertiary alicyclic amines) is 1. The largest absolute Gasteiger partial charge is 0.364 e.